The van der Waals surface area contributed by atoms with Gasteiger partial charge in [-0.2, -0.15) is 13.2 Å². The first-order chi connectivity index (χ1) is 11.3. The second-order valence-electron chi connectivity index (χ2n) is 5.26. The van der Waals surface area contributed by atoms with Gasteiger partial charge >= 0.3 is 11.9 Å². The van der Waals surface area contributed by atoms with Crippen LogP contribution < -0.4 is 11.0 Å². The lowest BCUT2D eigenvalue weighted by Gasteiger charge is -2.09. The molecule has 0 fully saturated rings. The highest BCUT2D eigenvalue weighted by Gasteiger charge is 2.29. The largest absolute Gasteiger partial charge is 0.416 e. The highest BCUT2D eigenvalue weighted by molar-refractivity contribution is 5.92. The number of carbonyl (C=O) groups is 1. The van der Waals surface area contributed by atoms with Crippen molar-refractivity contribution in [2.45, 2.75) is 12.6 Å². The Hall–Kier alpha value is -3.03. The van der Waals surface area contributed by atoms with Crippen LogP contribution in [0, 0.1) is 0 Å². The van der Waals surface area contributed by atoms with Crippen molar-refractivity contribution in [3.8, 4) is 0 Å². The molecule has 0 atom stereocenters. The van der Waals surface area contributed by atoms with Crippen LogP contribution in [0.15, 0.2) is 47.3 Å². The number of hydrogen-bond acceptors (Lipinski definition) is 2. The molecule has 3 aromatic rings. The second kappa shape index (κ2) is 5.88. The Bertz CT molecular complexity index is 940. The number of amides is 1. The molecular weight excluding hydrogens is 323 g/mol. The number of rotatable bonds is 3. The highest BCUT2D eigenvalue weighted by atomic mass is 19.4. The van der Waals surface area contributed by atoms with E-state index in [0.717, 1.165) is 12.1 Å². The lowest BCUT2D eigenvalue weighted by Crippen LogP contribution is -2.14. The summed E-state index contributed by atoms with van der Waals surface area (Å²) in [6.45, 7) is 0. The Morgan fingerprint density at radius 1 is 1.00 bits per heavy atom. The normalized spacial score (nSPS) is 11.6. The predicted octanol–water partition coefficient (Wildman–Crippen LogP) is 3.06. The van der Waals surface area contributed by atoms with Gasteiger partial charge in [0.1, 0.15) is 0 Å². The third-order valence-corrected chi connectivity index (χ3v) is 3.44. The van der Waals surface area contributed by atoms with Gasteiger partial charge in [-0.3, -0.25) is 4.79 Å². The highest BCUT2D eigenvalue weighted by Crippen LogP contribution is 2.29. The van der Waals surface area contributed by atoms with Crippen LogP contribution in [0.25, 0.3) is 11.0 Å². The number of benzene rings is 2. The van der Waals surface area contributed by atoms with Gasteiger partial charge in [-0.25, -0.2) is 4.79 Å². The average Bonchev–Trinajstić information content (AvgIpc) is 2.86. The number of imidazole rings is 1. The minimum absolute atomic E-state index is 0.0319. The fourth-order valence-corrected chi connectivity index (χ4v) is 2.32. The van der Waals surface area contributed by atoms with E-state index in [2.05, 4.69) is 15.3 Å². The van der Waals surface area contributed by atoms with E-state index >= 15 is 0 Å². The van der Waals surface area contributed by atoms with E-state index < -0.39 is 11.7 Å². The van der Waals surface area contributed by atoms with Crippen molar-refractivity contribution < 1.29 is 18.0 Å². The van der Waals surface area contributed by atoms with Crippen molar-refractivity contribution in [2.75, 3.05) is 5.32 Å². The van der Waals surface area contributed by atoms with Crippen LogP contribution in [0.3, 0.4) is 0 Å². The number of halogens is 3. The first-order valence-electron chi connectivity index (χ1n) is 6.99. The molecule has 1 aromatic heterocycles. The number of nitrogens with one attached hydrogen (secondary N) is 3. The summed E-state index contributed by atoms with van der Waals surface area (Å²) in [6, 6.07) is 9.26. The number of alkyl halides is 3. The Balaban J connectivity index is 1.69. The van der Waals surface area contributed by atoms with Crippen LogP contribution in [0.5, 0.6) is 0 Å². The molecule has 3 N–H and O–H groups in total. The summed E-state index contributed by atoms with van der Waals surface area (Å²) >= 11 is 0. The number of carbonyl (C=O) groups excluding carboxylic acids is 1. The minimum Gasteiger partial charge on any atom is -0.326 e. The van der Waals surface area contributed by atoms with E-state index in [-0.39, 0.29) is 23.7 Å². The van der Waals surface area contributed by atoms with Crippen LogP contribution in [-0.2, 0) is 17.4 Å². The average molecular weight is 335 g/mol. The van der Waals surface area contributed by atoms with Gasteiger partial charge in [-0.15, -0.1) is 0 Å². The van der Waals surface area contributed by atoms with Gasteiger partial charge in [0, 0.05) is 5.69 Å². The van der Waals surface area contributed by atoms with Gasteiger partial charge in [-0.1, -0.05) is 6.07 Å². The van der Waals surface area contributed by atoms with Crippen molar-refractivity contribution in [2.24, 2.45) is 0 Å². The molecule has 0 spiro atoms. The molecule has 0 bridgehead atoms. The monoisotopic (exact) mass is 335 g/mol. The third-order valence-electron chi connectivity index (χ3n) is 3.44. The molecule has 1 amide bonds. The number of aromatic nitrogens is 2. The fraction of sp³-hybridized carbons (Fsp3) is 0.125. The van der Waals surface area contributed by atoms with Crippen molar-refractivity contribution in [3.63, 3.8) is 0 Å². The van der Waals surface area contributed by atoms with E-state index in [9.17, 15) is 22.8 Å². The number of hydrogen-bond donors (Lipinski definition) is 3. The molecular formula is C16H12F3N3O2. The van der Waals surface area contributed by atoms with Crippen LogP contribution in [0.2, 0.25) is 0 Å². The van der Waals surface area contributed by atoms with Crippen LogP contribution in [-0.4, -0.2) is 15.9 Å². The zero-order chi connectivity index (χ0) is 17.3. The number of anilines is 1. The molecule has 1 heterocycles. The molecule has 0 unspecified atom stereocenters. The molecule has 124 valence electrons. The zero-order valence-electron chi connectivity index (χ0n) is 12.2. The summed E-state index contributed by atoms with van der Waals surface area (Å²) in [5.74, 6) is -0.369. The molecule has 0 aliphatic heterocycles. The first-order valence-corrected chi connectivity index (χ1v) is 6.99. The maximum atomic E-state index is 12.5. The fourth-order valence-electron chi connectivity index (χ4n) is 2.32. The maximum Gasteiger partial charge on any atom is 0.416 e. The van der Waals surface area contributed by atoms with Gasteiger partial charge in [0.2, 0.25) is 5.91 Å². The summed E-state index contributed by atoms with van der Waals surface area (Å²) in [7, 11) is 0. The molecule has 24 heavy (non-hydrogen) atoms. The summed E-state index contributed by atoms with van der Waals surface area (Å²) in [5, 5.41) is 2.54. The molecule has 8 heteroatoms. The van der Waals surface area contributed by atoms with Crippen molar-refractivity contribution in [1.29, 1.82) is 0 Å². The third kappa shape index (κ3) is 3.48. The summed E-state index contributed by atoms with van der Waals surface area (Å²) in [5.41, 5.74) is 1.05. The number of fused-ring (bicyclic) bond motifs is 1. The van der Waals surface area contributed by atoms with Crippen LogP contribution >= 0.6 is 0 Å². The smallest absolute Gasteiger partial charge is 0.326 e. The van der Waals surface area contributed by atoms with Gasteiger partial charge in [0.05, 0.1) is 23.0 Å². The number of H-pyrrole nitrogens is 2. The Kier molecular flexibility index (Phi) is 3.88. The van der Waals surface area contributed by atoms with E-state index in [1.807, 2.05) is 0 Å². The molecule has 0 radical (unpaired) electrons. The van der Waals surface area contributed by atoms with E-state index in [1.165, 1.54) is 12.1 Å². The maximum absolute atomic E-state index is 12.5. The minimum atomic E-state index is -4.41. The van der Waals surface area contributed by atoms with Gasteiger partial charge in [-0.05, 0) is 42.0 Å². The van der Waals surface area contributed by atoms with Crippen molar-refractivity contribution in [3.05, 3.63) is 64.1 Å². The molecule has 2 aromatic carbocycles. The van der Waals surface area contributed by atoms with Gasteiger partial charge in [0.15, 0.2) is 0 Å². The quantitative estimate of drug-likeness (QED) is 0.688. The standard InChI is InChI=1S/C16H12F3N3O2/c17-16(18,19)10-2-4-11(5-3-10)20-14(23)8-9-1-6-12-13(7-9)22-15(24)21-12/h1-7H,8H2,(H,20,23)(H2,21,22,24). The zero-order valence-corrected chi connectivity index (χ0v) is 12.2. The Labute approximate surface area is 133 Å². The topological polar surface area (TPSA) is 77.8 Å². The molecule has 3 rings (SSSR count). The van der Waals surface area contributed by atoms with Crippen molar-refractivity contribution in [1.82, 2.24) is 9.97 Å². The summed E-state index contributed by atoms with van der Waals surface area (Å²) in [6.07, 6.45) is -4.38. The lowest BCUT2D eigenvalue weighted by molar-refractivity contribution is -0.137. The molecule has 5 nitrogen and oxygen atoms in total. The molecule has 0 saturated carbocycles. The molecule has 0 aliphatic carbocycles. The van der Waals surface area contributed by atoms with E-state index in [1.54, 1.807) is 18.2 Å². The predicted molar refractivity (Wildman–Crippen MR) is 82.7 cm³/mol. The summed E-state index contributed by atoms with van der Waals surface area (Å²) in [4.78, 5) is 28.4. The van der Waals surface area contributed by atoms with Gasteiger partial charge < -0.3 is 15.3 Å². The van der Waals surface area contributed by atoms with Gasteiger partial charge in [0.25, 0.3) is 0 Å². The molecule has 0 aliphatic rings. The number of aromatic amines is 2. The SMILES string of the molecule is O=C(Cc1ccc2[nH]c(=O)[nH]c2c1)Nc1ccc(C(F)(F)F)cc1. The Morgan fingerprint density at radius 3 is 2.33 bits per heavy atom. The van der Waals surface area contributed by atoms with E-state index in [0.29, 0.717) is 16.6 Å². The Morgan fingerprint density at radius 2 is 1.67 bits per heavy atom. The van der Waals surface area contributed by atoms with Crippen molar-refractivity contribution >= 4 is 22.6 Å². The molecule has 0 saturated heterocycles. The second-order valence-corrected chi connectivity index (χ2v) is 5.26. The van der Waals surface area contributed by atoms with Crippen LogP contribution in [0.4, 0.5) is 18.9 Å². The first kappa shape index (κ1) is 15.9. The lowest BCUT2D eigenvalue weighted by atomic mass is 10.1. The van der Waals surface area contributed by atoms with E-state index in [4.69, 9.17) is 0 Å². The summed E-state index contributed by atoms with van der Waals surface area (Å²) < 4.78 is 37.5. The van der Waals surface area contributed by atoms with Crippen LogP contribution in [0.1, 0.15) is 11.1 Å².